The Bertz CT molecular complexity index is 387. The van der Waals surface area contributed by atoms with Crippen LogP contribution in [0.25, 0.3) is 0 Å². The fourth-order valence-corrected chi connectivity index (χ4v) is 1.74. The fraction of sp³-hybridized carbons (Fsp3) is 0.364. The summed E-state index contributed by atoms with van der Waals surface area (Å²) in [6.45, 7) is 1.81. The van der Waals surface area contributed by atoms with Gasteiger partial charge in [0.25, 0.3) is 0 Å². The van der Waals surface area contributed by atoms with Crippen molar-refractivity contribution in [1.29, 1.82) is 0 Å². The van der Waals surface area contributed by atoms with Gasteiger partial charge in [0.05, 0.1) is 5.92 Å². The predicted octanol–water partition coefficient (Wildman–Crippen LogP) is 2.32. The van der Waals surface area contributed by atoms with E-state index in [-0.39, 0.29) is 17.7 Å². The molecule has 2 atom stereocenters. The van der Waals surface area contributed by atoms with Crippen LogP contribution >= 0.6 is 0 Å². The molecule has 1 aromatic rings. The number of carboxylic acid groups (broad SMARTS) is 1. The van der Waals surface area contributed by atoms with Gasteiger partial charge in [-0.2, -0.15) is 0 Å². The lowest BCUT2D eigenvalue weighted by molar-refractivity contribution is -0.138. The number of aliphatic carboxylic acids is 1. The molecule has 0 radical (unpaired) electrons. The van der Waals surface area contributed by atoms with Crippen molar-refractivity contribution in [2.75, 3.05) is 0 Å². The van der Waals surface area contributed by atoms with Crippen LogP contribution in [-0.4, -0.2) is 11.1 Å². The van der Waals surface area contributed by atoms with Crippen LogP contribution in [0.1, 0.15) is 23.5 Å². The minimum Gasteiger partial charge on any atom is -0.481 e. The number of carbonyl (C=O) groups is 1. The summed E-state index contributed by atoms with van der Waals surface area (Å²) in [6.07, 6.45) is 0.565. The van der Waals surface area contributed by atoms with Crippen molar-refractivity contribution in [2.45, 2.75) is 19.3 Å². The summed E-state index contributed by atoms with van der Waals surface area (Å²) in [5.41, 5.74) is 1.40. The molecule has 3 heteroatoms. The molecule has 2 rings (SSSR count). The predicted molar refractivity (Wildman–Crippen MR) is 49.6 cm³/mol. The van der Waals surface area contributed by atoms with E-state index >= 15 is 0 Å². The smallest absolute Gasteiger partial charge is 0.307 e. The normalized spacial score (nSPS) is 24.7. The van der Waals surface area contributed by atoms with Crippen molar-refractivity contribution < 1.29 is 14.3 Å². The summed E-state index contributed by atoms with van der Waals surface area (Å²) in [7, 11) is 0. The molecular weight excluding hydrogens is 183 g/mol. The zero-order valence-electron chi connectivity index (χ0n) is 7.83. The molecule has 1 aliphatic rings. The van der Waals surface area contributed by atoms with E-state index in [9.17, 15) is 9.18 Å². The minimum atomic E-state index is -0.824. The molecule has 14 heavy (non-hydrogen) atoms. The second-order valence-corrected chi connectivity index (χ2v) is 3.81. The molecule has 74 valence electrons. The third-order valence-electron chi connectivity index (χ3n) is 2.66. The maximum absolute atomic E-state index is 13.4. The Kier molecular flexibility index (Phi) is 2.02. The molecule has 1 fully saturated rings. The van der Waals surface area contributed by atoms with E-state index in [1.54, 1.807) is 6.07 Å². The molecule has 0 aliphatic heterocycles. The highest BCUT2D eigenvalue weighted by Crippen LogP contribution is 2.48. The van der Waals surface area contributed by atoms with Crippen molar-refractivity contribution >= 4 is 5.97 Å². The molecule has 2 nitrogen and oxygen atoms in total. The Morgan fingerprint density at radius 2 is 2.29 bits per heavy atom. The average Bonchev–Trinajstić information content (AvgIpc) is 2.83. The first kappa shape index (κ1) is 9.19. The molecule has 2 unspecified atom stereocenters. The van der Waals surface area contributed by atoms with Gasteiger partial charge >= 0.3 is 5.97 Å². The van der Waals surface area contributed by atoms with Gasteiger partial charge in [-0.3, -0.25) is 4.79 Å². The Labute approximate surface area is 81.4 Å². The standard InChI is InChI=1S/C11H11FO2/c1-6-2-3-7(10(12)4-6)8-5-9(8)11(13)14/h2-4,8-9H,5H2,1H3,(H,13,14). The van der Waals surface area contributed by atoms with Crippen molar-refractivity contribution in [2.24, 2.45) is 5.92 Å². The lowest BCUT2D eigenvalue weighted by Gasteiger charge is -2.01. The maximum Gasteiger partial charge on any atom is 0.307 e. The molecule has 1 saturated carbocycles. The van der Waals surface area contributed by atoms with Crippen molar-refractivity contribution in [3.63, 3.8) is 0 Å². The van der Waals surface area contributed by atoms with Crippen LogP contribution in [0.2, 0.25) is 0 Å². The second kappa shape index (κ2) is 3.08. The summed E-state index contributed by atoms with van der Waals surface area (Å²) in [6, 6.07) is 4.96. The van der Waals surface area contributed by atoms with Gasteiger partial charge in [-0.15, -0.1) is 0 Å². The SMILES string of the molecule is Cc1ccc(C2CC2C(=O)O)c(F)c1. The Morgan fingerprint density at radius 3 is 2.79 bits per heavy atom. The molecule has 1 aliphatic carbocycles. The molecule has 0 bridgehead atoms. The first-order valence-electron chi connectivity index (χ1n) is 4.58. The fourth-order valence-electron chi connectivity index (χ4n) is 1.74. The molecule has 0 spiro atoms. The highest BCUT2D eigenvalue weighted by atomic mass is 19.1. The second-order valence-electron chi connectivity index (χ2n) is 3.81. The topological polar surface area (TPSA) is 37.3 Å². The van der Waals surface area contributed by atoms with Crippen LogP contribution in [0.15, 0.2) is 18.2 Å². The van der Waals surface area contributed by atoms with Crippen LogP contribution < -0.4 is 0 Å². The van der Waals surface area contributed by atoms with Crippen LogP contribution in [0.3, 0.4) is 0 Å². The van der Waals surface area contributed by atoms with Crippen LogP contribution in [0.5, 0.6) is 0 Å². The number of aryl methyl sites for hydroxylation is 1. The van der Waals surface area contributed by atoms with E-state index in [4.69, 9.17) is 5.11 Å². The molecular formula is C11H11FO2. The molecule has 0 saturated heterocycles. The van der Waals surface area contributed by atoms with Crippen LogP contribution in [0, 0.1) is 18.7 Å². The number of halogens is 1. The molecule has 1 N–H and O–H groups in total. The van der Waals surface area contributed by atoms with Crippen LogP contribution in [0.4, 0.5) is 4.39 Å². The summed E-state index contributed by atoms with van der Waals surface area (Å²) < 4.78 is 13.4. The minimum absolute atomic E-state index is 0.118. The van der Waals surface area contributed by atoms with Gasteiger partial charge in [0.2, 0.25) is 0 Å². The van der Waals surface area contributed by atoms with Gasteiger partial charge in [0.15, 0.2) is 0 Å². The first-order chi connectivity index (χ1) is 6.59. The zero-order chi connectivity index (χ0) is 10.3. The van der Waals surface area contributed by atoms with Crippen LogP contribution in [-0.2, 0) is 4.79 Å². The van der Waals surface area contributed by atoms with Crippen molar-refractivity contribution in [3.8, 4) is 0 Å². The molecule has 0 amide bonds. The monoisotopic (exact) mass is 194 g/mol. The van der Waals surface area contributed by atoms with Crippen molar-refractivity contribution in [1.82, 2.24) is 0 Å². The Balaban J connectivity index is 2.23. The van der Waals surface area contributed by atoms with Gasteiger partial charge in [-0.05, 0) is 30.5 Å². The van der Waals surface area contributed by atoms with Gasteiger partial charge in [-0.25, -0.2) is 4.39 Å². The summed E-state index contributed by atoms with van der Waals surface area (Å²) in [5.74, 6) is -1.60. The van der Waals surface area contributed by atoms with E-state index in [2.05, 4.69) is 0 Å². The third-order valence-corrected chi connectivity index (χ3v) is 2.66. The van der Waals surface area contributed by atoms with E-state index in [0.29, 0.717) is 12.0 Å². The lowest BCUT2D eigenvalue weighted by Crippen LogP contribution is -2.00. The van der Waals surface area contributed by atoms with Gasteiger partial charge in [0.1, 0.15) is 5.82 Å². The highest BCUT2D eigenvalue weighted by molar-refractivity contribution is 5.75. The first-order valence-corrected chi connectivity index (χ1v) is 4.58. The van der Waals surface area contributed by atoms with E-state index in [1.807, 2.05) is 13.0 Å². The van der Waals surface area contributed by atoms with E-state index < -0.39 is 5.97 Å². The number of hydrogen-bond acceptors (Lipinski definition) is 1. The summed E-state index contributed by atoms with van der Waals surface area (Å²) >= 11 is 0. The number of benzene rings is 1. The average molecular weight is 194 g/mol. The largest absolute Gasteiger partial charge is 0.481 e. The zero-order valence-corrected chi connectivity index (χ0v) is 7.83. The molecule has 1 aromatic carbocycles. The summed E-state index contributed by atoms with van der Waals surface area (Å²) in [4.78, 5) is 10.6. The van der Waals surface area contributed by atoms with E-state index in [0.717, 1.165) is 5.56 Å². The number of rotatable bonds is 2. The lowest BCUT2D eigenvalue weighted by atomic mass is 10.1. The molecule has 0 heterocycles. The summed E-state index contributed by atoms with van der Waals surface area (Å²) in [5, 5.41) is 8.71. The van der Waals surface area contributed by atoms with E-state index in [1.165, 1.54) is 6.07 Å². The quantitative estimate of drug-likeness (QED) is 0.784. The Hall–Kier alpha value is -1.38. The van der Waals surface area contributed by atoms with Gasteiger partial charge in [0, 0.05) is 5.92 Å². The third kappa shape index (κ3) is 1.50. The maximum atomic E-state index is 13.4. The van der Waals surface area contributed by atoms with Gasteiger partial charge in [-0.1, -0.05) is 12.1 Å². The number of hydrogen-bond donors (Lipinski definition) is 1. The highest BCUT2D eigenvalue weighted by Gasteiger charge is 2.45. The van der Waals surface area contributed by atoms with Gasteiger partial charge < -0.3 is 5.11 Å². The molecule has 0 aromatic heterocycles. The Morgan fingerprint density at radius 1 is 1.57 bits per heavy atom. The number of carboxylic acids is 1. The van der Waals surface area contributed by atoms with Crippen molar-refractivity contribution in [3.05, 3.63) is 35.1 Å².